The molecular weight excluding hydrogens is 318 g/mol. The molecule has 2 aromatic heterocycles. The summed E-state index contributed by atoms with van der Waals surface area (Å²) in [6.45, 7) is 6.85. The zero-order valence-corrected chi connectivity index (χ0v) is 15.7. The maximum Gasteiger partial charge on any atom is 0.156 e. The standard InChI is InChI=1S/C18H27N5O2/c1-12-15(13(2)23(4)21-12)9-22(3)18-8-16(14-6-7-25-10-14)19-17(20-18)11-24-5/h8,14H,6-7,9-11H2,1-5H3/t14-/m1/s1. The Balaban J connectivity index is 1.88. The lowest BCUT2D eigenvalue weighted by Gasteiger charge is -2.21. The Morgan fingerprint density at radius 3 is 2.76 bits per heavy atom. The second kappa shape index (κ2) is 7.49. The highest BCUT2D eigenvalue weighted by molar-refractivity contribution is 5.42. The lowest BCUT2D eigenvalue weighted by Crippen LogP contribution is -2.21. The van der Waals surface area contributed by atoms with Crippen molar-refractivity contribution in [3.8, 4) is 0 Å². The monoisotopic (exact) mass is 345 g/mol. The average molecular weight is 345 g/mol. The summed E-state index contributed by atoms with van der Waals surface area (Å²) < 4.78 is 12.7. The minimum atomic E-state index is 0.340. The molecule has 136 valence electrons. The second-order valence-corrected chi connectivity index (χ2v) is 6.69. The summed E-state index contributed by atoms with van der Waals surface area (Å²) in [5.74, 6) is 1.97. The van der Waals surface area contributed by atoms with Crippen LogP contribution in [0.15, 0.2) is 6.07 Å². The van der Waals surface area contributed by atoms with Gasteiger partial charge in [0.05, 0.1) is 18.0 Å². The highest BCUT2D eigenvalue weighted by Gasteiger charge is 2.22. The number of ether oxygens (including phenoxy) is 2. The average Bonchev–Trinajstić information content (AvgIpc) is 3.20. The fraction of sp³-hybridized carbons (Fsp3) is 0.611. The molecule has 0 amide bonds. The molecule has 0 N–H and O–H groups in total. The Hall–Kier alpha value is -1.99. The largest absolute Gasteiger partial charge is 0.381 e. The fourth-order valence-electron chi connectivity index (χ4n) is 3.23. The molecule has 0 aliphatic carbocycles. The Morgan fingerprint density at radius 2 is 2.16 bits per heavy atom. The van der Waals surface area contributed by atoms with Crippen LogP contribution in [-0.2, 0) is 29.7 Å². The Morgan fingerprint density at radius 1 is 1.36 bits per heavy atom. The normalized spacial score (nSPS) is 17.2. The molecule has 1 saturated heterocycles. The molecule has 2 aromatic rings. The lowest BCUT2D eigenvalue weighted by molar-refractivity contribution is 0.177. The molecule has 7 nitrogen and oxygen atoms in total. The van der Waals surface area contributed by atoms with E-state index in [2.05, 4.69) is 40.0 Å². The molecular formula is C18H27N5O2. The first-order valence-corrected chi connectivity index (χ1v) is 8.64. The SMILES string of the molecule is COCc1nc([C@@H]2CCOC2)cc(N(C)Cc2c(C)nn(C)c2C)n1. The van der Waals surface area contributed by atoms with Crippen molar-refractivity contribution in [1.29, 1.82) is 0 Å². The van der Waals surface area contributed by atoms with E-state index in [1.54, 1.807) is 7.11 Å². The van der Waals surface area contributed by atoms with Crippen LogP contribution in [0.4, 0.5) is 5.82 Å². The molecule has 1 fully saturated rings. The van der Waals surface area contributed by atoms with Crippen molar-refractivity contribution in [2.24, 2.45) is 7.05 Å². The van der Waals surface area contributed by atoms with Crippen LogP contribution in [0.2, 0.25) is 0 Å². The molecule has 7 heteroatoms. The first-order chi connectivity index (χ1) is 12.0. The van der Waals surface area contributed by atoms with Gasteiger partial charge >= 0.3 is 0 Å². The molecule has 1 aliphatic heterocycles. The third-order valence-corrected chi connectivity index (χ3v) is 4.85. The van der Waals surface area contributed by atoms with E-state index in [0.717, 1.165) is 43.4 Å². The number of rotatable bonds is 6. The number of aromatic nitrogens is 4. The number of hydrogen-bond donors (Lipinski definition) is 0. The molecule has 0 saturated carbocycles. The van der Waals surface area contributed by atoms with Crippen LogP contribution in [-0.4, -0.2) is 47.1 Å². The topological polar surface area (TPSA) is 65.3 Å². The smallest absolute Gasteiger partial charge is 0.156 e. The molecule has 0 bridgehead atoms. The van der Waals surface area contributed by atoms with Crippen molar-refractivity contribution in [2.45, 2.75) is 39.3 Å². The van der Waals surface area contributed by atoms with E-state index in [1.807, 2.05) is 18.7 Å². The van der Waals surface area contributed by atoms with E-state index in [-0.39, 0.29) is 0 Å². The number of anilines is 1. The van der Waals surface area contributed by atoms with E-state index in [0.29, 0.717) is 18.3 Å². The van der Waals surface area contributed by atoms with E-state index in [1.165, 1.54) is 11.3 Å². The highest BCUT2D eigenvalue weighted by Crippen LogP contribution is 2.27. The van der Waals surface area contributed by atoms with Crippen LogP contribution in [0, 0.1) is 13.8 Å². The van der Waals surface area contributed by atoms with Crippen LogP contribution in [0.25, 0.3) is 0 Å². The summed E-state index contributed by atoms with van der Waals surface area (Å²) in [7, 11) is 5.70. The van der Waals surface area contributed by atoms with Crippen LogP contribution >= 0.6 is 0 Å². The van der Waals surface area contributed by atoms with Crippen LogP contribution in [0.5, 0.6) is 0 Å². The molecule has 3 heterocycles. The summed E-state index contributed by atoms with van der Waals surface area (Å²) >= 11 is 0. The van der Waals surface area contributed by atoms with Gasteiger partial charge in [0.15, 0.2) is 5.82 Å². The maximum absolute atomic E-state index is 5.53. The molecule has 3 rings (SSSR count). The minimum Gasteiger partial charge on any atom is -0.381 e. The van der Waals surface area contributed by atoms with Crippen LogP contribution in [0.1, 0.15) is 40.8 Å². The van der Waals surface area contributed by atoms with Crippen molar-refractivity contribution in [2.75, 3.05) is 32.3 Å². The molecule has 0 spiro atoms. The van der Waals surface area contributed by atoms with Gasteiger partial charge in [0, 0.05) is 57.6 Å². The number of methoxy groups -OCH3 is 1. The molecule has 0 radical (unpaired) electrons. The van der Waals surface area contributed by atoms with Crippen molar-refractivity contribution in [3.05, 3.63) is 34.5 Å². The highest BCUT2D eigenvalue weighted by atomic mass is 16.5. The van der Waals surface area contributed by atoms with Crippen molar-refractivity contribution >= 4 is 5.82 Å². The van der Waals surface area contributed by atoms with E-state index in [4.69, 9.17) is 9.47 Å². The Kier molecular flexibility index (Phi) is 5.34. The number of hydrogen-bond acceptors (Lipinski definition) is 6. The van der Waals surface area contributed by atoms with Gasteiger partial charge < -0.3 is 14.4 Å². The van der Waals surface area contributed by atoms with Crippen molar-refractivity contribution in [1.82, 2.24) is 19.7 Å². The van der Waals surface area contributed by atoms with Gasteiger partial charge in [0.2, 0.25) is 0 Å². The minimum absolute atomic E-state index is 0.340. The summed E-state index contributed by atoms with van der Waals surface area (Å²) in [5.41, 5.74) is 4.52. The maximum atomic E-state index is 5.53. The van der Waals surface area contributed by atoms with E-state index in [9.17, 15) is 0 Å². The van der Waals surface area contributed by atoms with Gasteiger partial charge in [-0.2, -0.15) is 5.10 Å². The molecule has 0 aromatic carbocycles. The van der Waals surface area contributed by atoms with Gasteiger partial charge in [-0.15, -0.1) is 0 Å². The Bertz CT molecular complexity index is 737. The fourth-order valence-corrected chi connectivity index (χ4v) is 3.23. The summed E-state index contributed by atoms with van der Waals surface area (Å²) in [6.07, 6.45) is 1.01. The van der Waals surface area contributed by atoms with Crippen molar-refractivity contribution in [3.63, 3.8) is 0 Å². The van der Waals surface area contributed by atoms with Crippen LogP contribution in [0.3, 0.4) is 0 Å². The van der Waals surface area contributed by atoms with Gasteiger partial charge in [-0.1, -0.05) is 0 Å². The predicted molar refractivity (Wildman–Crippen MR) is 95.7 cm³/mol. The zero-order chi connectivity index (χ0) is 18.0. The first-order valence-electron chi connectivity index (χ1n) is 8.64. The predicted octanol–water partition coefficient (Wildman–Crippen LogP) is 2.11. The second-order valence-electron chi connectivity index (χ2n) is 6.69. The van der Waals surface area contributed by atoms with Crippen LogP contribution < -0.4 is 4.90 Å². The molecule has 0 unspecified atom stereocenters. The van der Waals surface area contributed by atoms with Gasteiger partial charge in [-0.25, -0.2) is 9.97 Å². The van der Waals surface area contributed by atoms with Gasteiger partial charge in [0.1, 0.15) is 12.4 Å². The Labute approximate surface area is 149 Å². The first kappa shape index (κ1) is 17.8. The molecule has 1 aliphatic rings. The number of nitrogens with zero attached hydrogens (tertiary/aromatic N) is 5. The van der Waals surface area contributed by atoms with Crippen molar-refractivity contribution < 1.29 is 9.47 Å². The zero-order valence-electron chi connectivity index (χ0n) is 15.7. The summed E-state index contributed by atoms with van der Waals surface area (Å²) in [6, 6.07) is 2.08. The van der Waals surface area contributed by atoms with E-state index < -0.39 is 0 Å². The third-order valence-electron chi connectivity index (χ3n) is 4.85. The van der Waals surface area contributed by atoms with E-state index >= 15 is 0 Å². The lowest BCUT2D eigenvalue weighted by atomic mass is 10.0. The molecule has 1 atom stereocenters. The van der Waals surface area contributed by atoms with Gasteiger partial charge in [-0.3, -0.25) is 4.68 Å². The quantitative estimate of drug-likeness (QED) is 0.799. The number of aryl methyl sites for hydroxylation is 2. The van der Waals surface area contributed by atoms with Gasteiger partial charge in [-0.05, 0) is 20.3 Å². The van der Waals surface area contributed by atoms with Gasteiger partial charge in [0.25, 0.3) is 0 Å². The summed E-state index contributed by atoms with van der Waals surface area (Å²) in [5, 5.41) is 4.51. The molecule has 25 heavy (non-hydrogen) atoms. The third kappa shape index (κ3) is 3.82. The summed E-state index contributed by atoms with van der Waals surface area (Å²) in [4.78, 5) is 11.5.